The van der Waals surface area contributed by atoms with Gasteiger partial charge in [0.2, 0.25) is 0 Å². The van der Waals surface area contributed by atoms with E-state index in [1.54, 1.807) is 0 Å². The molecule has 0 saturated carbocycles. The number of carbonyl (C=O) groups is 1. The molecule has 0 saturated heterocycles. The molecule has 7 nitrogen and oxygen atoms in total. The van der Waals surface area contributed by atoms with Crippen LogP contribution in [-0.2, 0) is 14.8 Å². The summed E-state index contributed by atoms with van der Waals surface area (Å²) in [7, 11) is -3.74. The summed E-state index contributed by atoms with van der Waals surface area (Å²) in [5, 5.41) is 8.65. The molecular formula is C11H9N3O4S2. The summed E-state index contributed by atoms with van der Waals surface area (Å²) in [5.41, 5.74) is 0. The lowest BCUT2D eigenvalue weighted by Gasteiger charge is -2.03. The van der Waals surface area contributed by atoms with E-state index in [-0.39, 0.29) is 10.0 Å². The zero-order valence-corrected chi connectivity index (χ0v) is 11.6. The molecule has 2 aromatic rings. The molecule has 0 aliphatic heterocycles. The number of rotatable bonds is 5. The summed E-state index contributed by atoms with van der Waals surface area (Å²) >= 11 is 1.02. The Morgan fingerprint density at radius 2 is 2.20 bits per heavy atom. The van der Waals surface area contributed by atoms with Crippen LogP contribution in [0, 0.1) is 0 Å². The molecule has 0 aliphatic rings. The van der Waals surface area contributed by atoms with E-state index in [1.165, 1.54) is 36.8 Å². The van der Waals surface area contributed by atoms with E-state index in [1.807, 2.05) is 0 Å². The van der Waals surface area contributed by atoms with E-state index in [0.717, 1.165) is 17.4 Å². The minimum Gasteiger partial charge on any atom is -0.478 e. The van der Waals surface area contributed by atoms with Crippen LogP contribution in [0.25, 0.3) is 6.08 Å². The van der Waals surface area contributed by atoms with Crippen LogP contribution in [0.1, 0.15) is 4.88 Å². The van der Waals surface area contributed by atoms with Gasteiger partial charge in [-0.05, 0) is 18.2 Å². The van der Waals surface area contributed by atoms with Crippen LogP contribution in [0.5, 0.6) is 0 Å². The third kappa shape index (κ3) is 3.62. The van der Waals surface area contributed by atoms with Gasteiger partial charge in [0.25, 0.3) is 10.0 Å². The van der Waals surface area contributed by atoms with Crippen LogP contribution in [0.4, 0.5) is 5.13 Å². The zero-order valence-electron chi connectivity index (χ0n) is 9.92. The lowest BCUT2D eigenvalue weighted by molar-refractivity contribution is -0.131. The van der Waals surface area contributed by atoms with Crippen molar-refractivity contribution in [3.63, 3.8) is 0 Å². The summed E-state index contributed by atoms with van der Waals surface area (Å²) < 4.78 is 26.3. The van der Waals surface area contributed by atoms with Gasteiger partial charge in [-0.25, -0.2) is 18.2 Å². The minimum absolute atomic E-state index is 0.0258. The molecule has 2 N–H and O–H groups in total. The van der Waals surface area contributed by atoms with Gasteiger partial charge in [0, 0.05) is 29.5 Å². The number of anilines is 1. The lowest BCUT2D eigenvalue weighted by Crippen LogP contribution is -2.12. The Balaban J connectivity index is 2.17. The molecule has 2 heterocycles. The molecule has 0 amide bonds. The van der Waals surface area contributed by atoms with Gasteiger partial charge in [-0.15, -0.1) is 0 Å². The molecule has 0 unspecified atom stereocenters. The Bertz CT molecular complexity index is 738. The lowest BCUT2D eigenvalue weighted by atomic mass is 10.4. The summed E-state index contributed by atoms with van der Waals surface area (Å²) in [6.45, 7) is 0. The Labute approximate surface area is 118 Å². The number of carboxylic acid groups (broad SMARTS) is 1. The molecule has 2 rings (SSSR count). The van der Waals surface area contributed by atoms with Gasteiger partial charge in [0.1, 0.15) is 4.90 Å². The molecular weight excluding hydrogens is 302 g/mol. The molecule has 20 heavy (non-hydrogen) atoms. The van der Waals surface area contributed by atoms with Crippen molar-refractivity contribution < 1.29 is 18.3 Å². The molecule has 0 aliphatic carbocycles. The summed E-state index contributed by atoms with van der Waals surface area (Å²) in [4.78, 5) is 18.5. The molecule has 0 aromatic carbocycles. The number of aromatic nitrogens is 2. The van der Waals surface area contributed by atoms with E-state index < -0.39 is 16.0 Å². The number of nitrogens with zero attached hydrogens (tertiary/aromatic N) is 2. The second-order valence-corrected chi connectivity index (χ2v) is 6.28. The fourth-order valence-electron chi connectivity index (χ4n) is 1.24. The van der Waals surface area contributed by atoms with E-state index >= 15 is 0 Å². The van der Waals surface area contributed by atoms with E-state index in [9.17, 15) is 13.2 Å². The molecule has 0 fully saturated rings. The fraction of sp³-hybridized carbons (Fsp3) is 0. The summed E-state index contributed by atoms with van der Waals surface area (Å²) in [5.74, 6) is -1.09. The van der Waals surface area contributed by atoms with Crippen LogP contribution in [-0.4, -0.2) is 29.5 Å². The van der Waals surface area contributed by atoms with E-state index in [4.69, 9.17) is 5.11 Å². The SMILES string of the molecule is O=C(O)C=Cc1cnc(NS(=O)(=O)c2cccnc2)s1. The van der Waals surface area contributed by atoms with Crippen LogP contribution in [0.3, 0.4) is 0 Å². The Kier molecular flexibility index (Phi) is 4.11. The van der Waals surface area contributed by atoms with Crippen molar-refractivity contribution in [2.45, 2.75) is 4.90 Å². The first-order chi connectivity index (χ1) is 9.47. The Morgan fingerprint density at radius 1 is 1.40 bits per heavy atom. The molecule has 0 atom stereocenters. The Hall–Kier alpha value is -2.26. The predicted molar refractivity (Wildman–Crippen MR) is 73.8 cm³/mol. The number of thiazole rings is 1. The monoisotopic (exact) mass is 311 g/mol. The largest absolute Gasteiger partial charge is 0.478 e. The van der Waals surface area contributed by atoms with E-state index in [0.29, 0.717) is 4.88 Å². The van der Waals surface area contributed by atoms with Crippen molar-refractivity contribution in [3.8, 4) is 0 Å². The molecule has 2 aromatic heterocycles. The average Bonchev–Trinajstić information content (AvgIpc) is 2.84. The van der Waals surface area contributed by atoms with Gasteiger partial charge in [-0.3, -0.25) is 9.71 Å². The molecule has 104 valence electrons. The molecule has 9 heteroatoms. The first-order valence-electron chi connectivity index (χ1n) is 5.27. The summed E-state index contributed by atoms with van der Waals surface area (Å²) in [6, 6.07) is 2.92. The quantitative estimate of drug-likeness (QED) is 0.809. The van der Waals surface area contributed by atoms with E-state index in [2.05, 4.69) is 14.7 Å². The highest BCUT2D eigenvalue weighted by atomic mass is 32.2. The van der Waals surface area contributed by atoms with Crippen molar-refractivity contribution in [1.29, 1.82) is 0 Å². The van der Waals surface area contributed by atoms with Crippen molar-refractivity contribution in [2.24, 2.45) is 0 Å². The van der Waals surface area contributed by atoms with Gasteiger partial charge in [0.15, 0.2) is 5.13 Å². The van der Waals surface area contributed by atoms with Crippen LogP contribution >= 0.6 is 11.3 Å². The van der Waals surface area contributed by atoms with Gasteiger partial charge >= 0.3 is 5.97 Å². The standard InChI is InChI=1S/C11H9N3O4S2/c15-10(16)4-3-8-6-13-11(19-8)14-20(17,18)9-2-1-5-12-7-9/h1-7H,(H,13,14)(H,15,16). The van der Waals surface area contributed by atoms with Crippen LogP contribution in [0.2, 0.25) is 0 Å². The topological polar surface area (TPSA) is 109 Å². The highest BCUT2D eigenvalue weighted by molar-refractivity contribution is 7.93. The number of aliphatic carboxylic acids is 1. The first-order valence-corrected chi connectivity index (χ1v) is 7.57. The highest BCUT2D eigenvalue weighted by Gasteiger charge is 2.15. The van der Waals surface area contributed by atoms with Crippen molar-refractivity contribution >= 4 is 38.5 Å². The number of hydrogen-bond acceptors (Lipinski definition) is 6. The van der Waals surface area contributed by atoms with Gasteiger partial charge in [-0.1, -0.05) is 11.3 Å². The van der Waals surface area contributed by atoms with Gasteiger partial charge in [0.05, 0.1) is 0 Å². The number of nitrogens with one attached hydrogen (secondary N) is 1. The second kappa shape index (κ2) is 5.80. The second-order valence-electron chi connectivity index (χ2n) is 3.53. The predicted octanol–water partition coefficient (Wildman–Crippen LogP) is 1.44. The van der Waals surface area contributed by atoms with Crippen molar-refractivity contribution in [3.05, 3.63) is 41.7 Å². The highest BCUT2D eigenvalue weighted by Crippen LogP contribution is 2.22. The van der Waals surface area contributed by atoms with Gasteiger partial charge < -0.3 is 5.11 Å². The maximum Gasteiger partial charge on any atom is 0.328 e. The molecule has 0 bridgehead atoms. The number of sulfonamides is 1. The third-order valence-corrected chi connectivity index (χ3v) is 4.41. The Morgan fingerprint density at radius 3 is 2.85 bits per heavy atom. The van der Waals surface area contributed by atoms with Crippen molar-refractivity contribution in [2.75, 3.05) is 4.72 Å². The number of hydrogen-bond donors (Lipinski definition) is 2. The van der Waals surface area contributed by atoms with Crippen LogP contribution < -0.4 is 4.72 Å². The van der Waals surface area contributed by atoms with Crippen molar-refractivity contribution in [1.82, 2.24) is 9.97 Å². The maximum atomic E-state index is 12.0. The fourth-order valence-corrected chi connectivity index (χ4v) is 3.17. The first kappa shape index (κ1) is 14.2. The number of pyridine rings is 1. The number of carboxylic acids is 1. The summed E-state index contributed by atoms with van der Waals surface area (Å²) in [6.07, 6.45) is 6.36. The maximum absolute atomic E-state index is 12.0. The minimum atomic E-state index is -3.74. The van der Waals surface area contributed by atoms with Crippen LogP contribution in [0.15, 0.2) is 41.7 Å². The molecule has 0 spiro atoms. The van der Waals surface area contributed by atoms with Gasteiger partial charge in [-0.2, -0.15) is 0 Å². The third-order valence-electron chi connectivity index (χ3n) is 2.08. The zero-order chi connectivity index (χ0) is 14.6. The average molecular weight is 311 g/mol. The smallest absolute Gasteiger partial charge is 0.328 e. The molecule has 0 radical (unpaired) electrons. The normalized spacial score (nSPS) is 11.6.